The molecular weight excluding hydrogens is 424 g/mol. The van der Waals surface area contributed by atoms with Crippen LogP contribution < -0.4 is 20.9 Å². The molecule has 1 aromatic carbocycles. The van der Waals surface area contributed by atoms with Gasteiger partial charge in [0.2, 0.25) is 5.95 Å². The molecule has 0 saturated carbocycles. The second-order valence-corrected chi connectivity index (χ2v) is 8.16. The van der Waals surface area contributed by atoms with Crippen molar-refractivity contribution in [3.05, 3.63) is 50.1 Å². The second-order valence-electron chi connectivity index (χ2n) is 7.72. The first-order valence-electron chi connectivity index (χ1n) is 10.0. The van der Waals surface area contributed by atoms with Gasteiger partial charge in [-0.1, -0.05) is 11.6 Å². The van der Waals surface area contributed by atoms with Crippen molar-refractivity contribution in [1.82, 2.24) is 24.0 Å². The molecule has 0 spiro atoms. The number of piperazine rings is 1. The summed E-state index contributed by atoms with van der Waals surface area (Å²) in [5, 5.41) is 11.3. The van der Waals surface area contributed by atoms with E-state index in [1.54, 1.807) is 35.9 Å². The maximum absolute atomic E-state index is 12.6. The monoisotopic (exact) mass is 448 g/mol. The van der Waals surface area contributed by atoms with E-state index in [0.717, 1.165) is 26.2 Å². The van der Waals surface area contributed by atoms with Crippen molar-refractivity contribution in [3.8, 4) is 5.75 Å². The second kappa shape index (κ2) is 8.74. The van der Waals surface area contributed by atoms with Gasteiger partial charge in [-0.3, -0.25) is 14.3 Å². The number of nitrogens with one attached hydrogen (secondary N) is 1. The molecule has 2 N–H and O–H groups in total. The molecule has 0 bridgehead atoms. The van der Waals surface area contributed by atoms with Gasteiger partial charge in [0.25, 0.3) is 5.56 Å². The molecule has 2 aromatic heterocycles. The highest BCUT2D eigenvalue weighted by molar-refractivity contribution is 6.30. The molecule has 1 unspecified atom stereocenters. The molecule has 10 nitrogen and oxygen atoms in total. The number of fused-ring (bicyclic) bond motifs is 1. The molecule has 3 aromatic rings. The van der Waals surface area contributed by atoms with Gasteiger partial charge in [0.1, 0.15) is 18.5 Å². The van der Waals surface area contributed by atoms with Crippen LogP contribution in [0.5, 0.6) is 5.75 Å². The van der Waals surface area contributed by atoms with E-state index < -0.39 is 17.4 Å². The summed E-state index contributed by atoms with van der Waals surface area (Å²) in [6, 6.07) is 6.85. The van der Waals surface area contributed by atoms with Gasteiger partial charge in [0, 0.05) is 38.2 Å². The number of halogens is 1. The number of aromatic nitrogens is 4. The zero-order chi connectivity index (χ0) is 22.1. The highest BCUT2D eigenvalue weighted by atomic mass is 35.5. The first-order valence-corrected chi connectivity index (χ1v) is 10.4. The Labute approximate surface area is 183 Å². The fourth-order valence-corrected chi connectivity index (χ4v) is 3.76. The Morgan fingerprint density at radius 3 is 2.52 bits per heavy atom. The Hall–Kier alpha value is -2.82. The van der Waals surface area contributed by atoms with Crippen molar-refractivity contribution in [2.45, 2.75) is 12.6 Å². The van der Waals surface area contributed by atoms with Gasteiger partial charge in [-0.25, -0.2) is 4.79 Å². The van der Waals surface area contributed by atoms with Gasteiger partial charge in [0.15, 0.2) is 11.2 Å². The van der Waals surface area contributed by atoms with Gasteiger partial charge in [-0.2, -0.15) is 4.98 Å². The van der Waals surface area contributed by atoms with Crippen molar-refractivity contribution in [3.63, 3.8) is 0 Å². The standard InChI is InChI=1S/C20H25ClN6O4/c1-24-7-9-26(10-8-24)19-22-17-16(18(29)23-20(30)25(17)2)27(19)11-14(28)12-31-15-5-3-13(21)4-6-15/h3-6,14,28H,7-12H2,1-2H3,(H,23,29,30). The van der Waals surface area contributed by atoms with E-state index in [4.69, 9.17) is 16.3 Å². The average Bonchev–Trinajstić information content (AvgIpc) is 3.12. The smallest absolute Gasteiger partial charge is 0.329 e. The lowest BCUT2D eigenvalue weighted by atomic mass is 10.3. The summed E-state index contributed by atoms with van der Waals surface area (Å²) < 4.78 is 8.64. The summed E-state index contributed by atoms with van der Waals surface area (Å²) in [5.74, 6) is 1.14. The van der Waals surface area contributed by atoms with Gasteiger partial charge in [-0.15, -0.1) is 0 Å². The van der Waals surface area contributed by atoms with Crippen LogP contribution in [0.25, 0.3) is 11.2 Å². The molecule has 1 atom stereocenters. The molecule has 1 aliphatic heterocycles. The molecule has 1 saturated heterocycles. The molecule has 166 valence electrons. The van der Waals surface area contributed by atoms with Gasteiger partial charge < -0.3 is 24.2 Å². The van der Waals surface area contributed by atoms with Crippen LogP contribution in [-0.2, 0) is 13.6 Å². The molecule has 31 heavy (non-hydrogen) atoms. The van der Waals surface area contributed by atoms with E-state index >= 15 is 0 Å². The summed E-state index contributed by atoms with van der Waals surface area (Å²) in [4.78, 5) is 35.9. The van der Waals surface area contributed by atoms with Crippen molar-refractivity contribution in [2.75, 3.05) is 44.7 Å². The lowest BCUT2D eigenvalue weighted by Gasteiger charge is -2.33. The van der Waals surface area contributed by atoms with Crippen molar-refractivity contribution >= 4 is 28.7 Å². The number of aryl methyl sites for hydroxylation is 1. The molecule has 4 rings (SSSR count). The van der Waals surface area contributed by atoms with Gasteiger partial charge in [0.05, 0.1) is 6.54 Å². The van der Waals surface area contributed by atoms with Crippen LogP contribution in [0.2, 0.25) is 5.02 Å². The molecule has 0 amide bonds. The van der Waals surface area contributed by atoms with Crippen molar-refractivity contribution in [1.29, 1.82) is 0 Å². The Balaban J connectivity index is 1.65. The number of rotatable bonds is 6. The fourth-order valence-electron chi connectivity index (χ4n) is 3.63. The minimum atomic E-state index is -0.907. The summed E-state index contributed by atoms with van der Waals surface area (Å²) in [6.45, 7) is 3.26. The van der Waals surface area contributed by atoms with Crippen LogP contribution in [0.1, 0.15) is 0 Å². The number of H-pyrrole nitrogens is 1. The Morgan fingerprint density at radius 2 is 1.84 bits per heavy atom. The highest BCUT2D eigenvalue weighted by Crippen LogP contribution is 2.22. The lowest BCUT2D eigenvalue weighted by Crippen LogP contribution is -2.45. The SMILES string of the molecule is CN1CCN(c2nc3c(c(=O)[nH]c(=O)n3C)n2CC(O)COc2ccc(Cl)cc2)CC1. The average molecular weight is 449 g/mol. The summed E-state index contributed by atoms with van der Waals surface area (Å²) in [7, 11) is 3.61. The summed E-state index contributed by atoms with van der Waals surface area (Å²) >= 11 is 5.88. The van der Waals surface area contributed by atoms with Crippen LogP contribution in [0.3, 0.4) is 0 Å². The molecule has 3 heterocycles. The Kier molecular flexibility index (Phi) is 6.03. The largest absolute Gasteiger partial charge is 0.491 e. The van der Waals surface area contributed by atoms with E-state index in [-0.39, 0.29) is 24.3 Å². The number of hydrogen-bond acceptors (Lipinski definition) is 7. The normalized spacial score (nSPS) is 16.1. The number of hydrogen-bond donors (Lipinski definition) is 2. The third-order valence-electron chi connectivity index (χ3n) is 5.42. The fraction of sp³-hybridized carbons (Fsp3) is 0.450. The highest BCUT2D eigenvalue weighted by Gasteiger charge is 2.25. The van der Waals surface area contributed by atoms with Crippen molar-refractivity contribution in [2.24, 2.45) is 7.05 Å². The topological polar surface area (TPSA) is 109 Å². The minimum absolute atomic E-state index is 0.0210. The molecule has 1 aliphatic rings. The molecule has 0 radical (unpaired) electrons. The van der Waals surface area contributed by atoms with E-state index in [1.165, 1.54) is 4.57 Å². The van der Waals surface area contributed by atoms with Crippen molar-refractivity contribution < 1.29 is 9.84 Å². The predicted molar refractivity (Wildman–Crippen MR) is 118 cm³/mol. The number of nitrogens with zero attached hydrogens (tertiary/aromatic N) is 5. The van der Waals surface area contributed by atoms with E-state index in [0.29, 0.717) is 16.7 Å². The number of aromatic amines is 1. The zero-order valence-corrected chi connectivity index (χ0v) is 18.2. The molecule has 11 heteroatoms. The summed E-state index contributed by atoms with van der Waals surface area (Å²) in [5.41, 5.74) is -0.523. The zero-order valence-electron chi connectivity index (χ0n) is 17.4. The molecule has 0 aliphatic carbocycles. The lowest BCUT2D eigenvalue weighted by molar-refractivity contribution is 0.0935. The van der Waals surface area contributed by atoms with Crippen LogP contribution in [-0.4, -0.2) is 75.0 Å². The van der Waals surface area contributed by atoms with E-state index in [9.17, 15) is 14.7 Å². The first kappa shape index (κ1) is 21.4. The number of anilines is 1. The number of aliphatic hydroxyl groups is 1. The van der Waals surface area contributed by atoms with Gasteiger partial charge in [-0.05, 0) is 31.3 Å². The van der Waals surface area contributed by atoms with Crippen LogP contribution in [0.15, 0.2) is 33.9 Å². The van der Waals surface area contributed by atoms with Gasteiger partial charge >= 0.3 is 5.69 Å². The minimum Gasteiger partial charge on any atom is -0.491 e. The Morgan fingerprint density at radius 1 is 1.16 bits per heavy atom. The maximum Gasteiger partial charge on any atom is 0.329 e. The van der Waals surface area contributed by atoms with Crippen LogP contribution in [0, 0.1) is 0 Å². The third kappa shape index (κ3) is 4.46. The quantitative estimate of drug-likeness (QED) is 0.557. The molecule has 1 fully saturated rings. The Bertz CT molecular complexity index is 1180. The summed E-state index contributed by atoms with van der Waals surface area (Å²) in [6.07, 6.45) is -0.907. The number of ether oxygens (including phenoxy) is 1. The first-order chi connectivity index (χ1) is 14.8. The number of aliphatic hydroxyl groups excluding tert-OH is 1. The predicted octanol–water partition coefficient (Wildman–Crippen LogP) is 0.268. The van der Waals surface area contributed by atoms with Crippen LogP contribution >= 0.6 is 11.6 Å². The number of imidazole rings is 1. The maximum atomic E-state index is 12.6. The van der Waals surface area contributed by atoms with E-state index in [2.05, 4.69) is 19.8 Å². The van der Waals surface area contributed by atoms with E-state index in [1.807, 2.05) is 7.05 Å². The molecular formula is C20H25ClN6O4. The van der Waals surface area contributed by atoms with Crippen LogP contribution in [0.4, 0.5) is 5.95 Å². The third-order valence-corrected chi connectivity index (χ3v) is 5.67. The number of likely N-dealkylation sites (N-methyl/N-ethyl adjacent to an activating group) is 1. The number of benzene rings is 1.